The van der Waals surface area contributed by atoms with E-state index in [4.69, 9.17) is 14.2 Å². The summed E-state index contributed by atoms with van der Waals surface area (Å²) in [6.07, 6.45) is 31.1. The Morgan fingerprint density at radius 2 is 1.06 bits per heavy atom. The zero-order valence-corrected chi connectivity index (χ0v) is 32.0. The smallest absolute Gasteiger partial charge is 0.362 e. The Kier molecular flexibility index (Phi) is 31.0. The van der Waals surface area contributed by atoms with Gasteiger partial charge in [0.1, 0.15) is 6.61 Å². The molecule has 0 aliphatic heterocycles. The Morgan fingerprint density at radius 3 is 1.56 bits per heavy atom. The van der Waals surface area contributed by atoms with Gasteiger partial charge in [0.15, 0.2) is 12.1 Å². The van der Waals surface area contributed by atoms with Crippen molar-refractivity contribution in [2.24, 2.45) is 0 Å². The van der Waals surface area contributed by atoms with Crippen molar-refractivity contribution in [2.75, 3.05) is 41.0 Å². The van der Waals surface area contributed by atoms with E-state index in [0.717, 1.165) is 57.8 Å². The number of aliphatic carboxylic acids is 1. The molecule has 0 spiro atoms. The Morgan fingerprint density at radius 1 is 0.604 bits per heavy atom. The summed E-state index contributed by atoms with van der Waals surface area (Å²) in [6.45, 7) is 4.68. The molecule has 0 aromatic rings. The van der Waals surface area contributed by atoms with Crippen LogP contribution < -0.4 is 0 Å². The van der Waals surface area contributed by atoms with Gasteiger partial charge in [-0.15, -0.1) is 0 Å². The zero-order valence-electron chi connectivity index (χ0n) is 32.0. The lowest BCUT2D eigenvalue weighted by Gasteiger charge is -2.31. The van der Waals surface area contributed by atoms with Gasteiger partial charge in [0.25, 0.3) is 0 Å². The molecule has 48 heavy (non-hydrogen) atoms. The molecule has 0 aromatic carbocycles. The molecule has 0 saturated heterocycles. The maximum absolute atomic E-state index is 12.6. The van der Waals surface area contributed by atoms with Gasteiger partial charge in [-0.3, -0.25) is 9.59 Å². The summed E-state index contributed by atoms with van der Waals surface area (Å²) in [5, 5.41) is 9.57. The number of quaternary nitrogens is 1. The van der Waals surface area contributed by atoms with Crippen LogP contribution in [0.4, 0.5) is 0 Å². The number of allylic oxidation sites excluding steroid dienone is 2. The van der Waals surface area contributed by atoms with Crippen LogP contribution in [-0.4, -0.2) is 80.6 Å². The van der Waals surface area contributed by atoms with E-state index < -0.39 is 18.1 Å². The first-order valence-electron chi connectivity index (χ1n) is 19.7. The lowest BCUT2D eigenvalue weighted by atomic mass is 10.0. The van der Waals surface area contributed by atoms with Gasteiger partial charge in [0, 0.05) is 19.3 Å². The number of esters is 2. The average Bonchev–Trinajstić information content (AvgIpc) is 3.03. The van der Waals surface area contributed by atoms with Gasteiger partial charge >= 0.3 is 17.9 Å². The predicted octanol–water partition coefficient (Wildman–Crippen LogP) is 9.97. The maximum Gasteiger partial charge on any atom is 0.362 e. The van der Waals surface area contributed by atoms with Gasteiger partial charge in [-0.25, -0.2) is 4.79 Å². The number of hydrogen-bond acceptors (Lipinski definition) is 6. The van der Waals surface area contributed by atoms with Crippen LogP contribution in [0.2, 0.25) is 0 Å². The Labute approximate surface area is 295 Å². The summed E-state index contributed by atoms with van der Waals surface area (Å²) in [4.78, 5) is 36.7. The Balaban J connectivity index is 4.37. The third-order valence-corrected chi connectivity index (χ3v) is 8.91. The summed E-state index contributed by atoms with van der Waals surface area (Å²) in [5.74, 6) is -1.48. The first-order valence-corrected chi connectivity index (χ1v) is 19.7. The van der Waals surface area contributed by atoms with E-state index in [1.54, 1.807) is 0 Å². The van der Waals surface area contributed by atoms with Crippen LogP contribution in [0, 0.1) is 0 Å². The van der Waals surface area contributed by atoms with Gasteiger partial charge in [-0.1, -0.05) is 135 Å². The molecule has 2 atom stereocenters. The lowest BCUT2D eigenvalue weighted by Crippen LogP contribution is -2.50. The standard InChI is InChI=1S/C40H75NO7/c1-6-8-10-12-14-16-18-19-20-21-23-24-26-28-30-38(42)47-35-36(34-46-33-32-37(40(44)45)41(3,4)5)48-39(43)31-29-27-25-22-17-15-13-11-9-7-2/h13,15,36-37H,6-12,14,16-35H2,1-5H3/p+1/b15-13+. The number of likely N-dealkylation sites (N-methyl/N-ethyl adjacent to an activating group) is 1. The predicted molar refractivity (Wildman–Crippen MR) is 197 cm³/mol. The minimum absolute atomic E-state index is 0.0504. The van der Waals surface area contributed by atoms with Crippen LogP contribution >= 0.6 is 0 Å². The molecule has 0 fully saturated rings. The van der Waals surface area contributed by atoms with Crippen LogP contribution in [0.3, 0.4) is 0 Å². The second-order valence-corrected chi connectivity index (χ2v) is 14.5. The third-order valence-electron chi connectivity index (χ3n) is 8.91. The molecule has 0 aliphatic rings. The van der Waals surface area contributed by atoms with Crippen molar-refractivity contribution in [2.45, 2.75) is 187 Å². The van der Waals surface area contributed by atoms with E-state index in [1.807, 2.05) is 21.1 Å². The first-order chi connectivity index (χ1) is 23.1. The highest BCUT2D eigenvalue weighted by Crippen LogP contribution is 2.14. The monoisotopic (exact) mass is 683 g/mol. The molecule has 282 valence electrons. The zero-order chi connectivity index (χ0) is 35.7. The minimum atomic E-state index is -0.876. The molecule has 1 N–H and O–H groups in total. The summed E-state index contributed by atoms with van der Waals surface area (Å²) in [7, 11) is 5.52. The molecular weight excluding hydrogens is 606 g/mol. The van der Waals surface area contributed by atoms with Crippen LogP contribution in [-0.2, 0) is 28.6 Å². The van der Waals surface area contributed by atoms with E-state index in [0.29, 0.717) is 19.3 Å². The molecule has 8 heteroatoms. The number of carbonyl (C=O) groups is 3. The number of carboxylic acids is 1. The highest BCUT2D eigenvalue weighted by molar-refractivity contribution is 5.72. The maximum atomic E-state index is 12.6. The van der Waals surface area contributed by atoms with E-state index in [-0.39, 0.29) is 36.2 Å². The highest BCUT2D eigenvalue weighted by Gasteiger charge is 2.31. The highest BCUT2D eigenvalue weighted by atomic mass is 16.6. The normalized spacial score (nSPS) is 13.1. The van der Waals surface area contributed by atoms with Gasteiger partial charge < -0.3 is 23.8 Å². The average molecular weight is 683 g/mol. The second-order valence-electron chi connectivity index (χ2n) is 14.5. The number of unbranched alkanes of at least 4 members (excludes halogenated alkanes) is 19. The van der Waals surface area contributed by atoms with Gasteiger partial charge in [0.05, 0.1) is 34.4 Å². The number of ether oxygens (including phenoxy) is 3. The molecule has 0 amide bonds. The van der Waals surface area contributed by atoms with Crippen molar-refractivity contribution in [3.8, 4) is 0 Å². The molecule has 0 aromatic heterocycles. The van der Waals surface area contributed by atoms with Gasteiger partial charge in [-0.05, 0) is 32.1 Å². The fourth-order valence-electron chi connectivity index (χ4n) is 5.78. The SMILES string of the molecule is CCCC/C=C/CCCCCCC(=O)OC(COCCC(C(=O)O)[N+](C)(C)C)COC(=O)CCCCCCCCCCCCCCCC. The molecule has 0 heterocycles. The van der Waals surface area contributed by atoms with E-state index in [2.05, 4.69) is 26.0 Å². The summed E-state index contributed by atoms with van der Waals surface area (Å²) >= 11 is 0. The molecule has 0 aliphatic carbocycles. The molecule has 2 unspecified atom stereocenters. The molecular formula is C40H76NO7+. The van der Waals surface area contributed by atoms with Crippen molar-refractivity contribution in [1.29, 1.82) is 0 Å². The van der Waals surface area contributed by atoms with E-state index in [1.165, 1.54) is 83.5 Å². The largest absolute Gasteiger partial charge is 0.477 e. The van der Waals surface area contributed by atoms with Crippen molar-refractivity contribution in [3.05, 3.63) is 12.2 Å². The number of hydrogen-bond donors (Lipinski definition) is 1. The number of carbonyl (C=O) groups excluding carboxylic acids is 2. The fourth-order valence-corrected chi connectivity index (χ4v) is 5.78. The van der Waals surface area contributed by atoms with E-state index in [9.17, 15) is 19.5 Å². The number of nitrogens with zero attached hydrogens (tertiary/aromatic N) is 1. The van der Waals surface area contributed by atoms with Crippen molar-refractivity contribution < 1.29 is 38.2 Å². The van der Waals surface area contributed by atoms with Gasteiger partial charge in [-0.2, -0.15) is 0 Å². The number of rotatable bonds is 35. The molecule has 0 radical (unpaired) electrons. The Hall–Kier alpha value is -1.93. The van der Waals surface area contributed by atoms with Gasteiger partial charge in [0.2, 0.25) is 0 Å². The number of carboxylic acid groups (broad SMARTS) is 1. The lowest BCUT2D eigenvalue weighted by molar-refractivity contribution is -0.887. The summed E-state index contributed by atoms with van der Waals surface area (Å²) < 4.78 is 17.2. The molecule has 8 nitrogen and oxygen atoms in total. The van der Waals surface area contributed by atoms with Crippen molar-refractivity contribution in [1.82, 2.24) is 0 Å². The molecule has 0 rings (SSSR count). The van der Waals surface area contributed by atoms with Crippen LogP contribution in [0.1, 0.15) is 174 Å². The second kappa shape index (κ2) is 32.3. The molecule has 0 saturated carbocycles. The van der Waals surface area contributed by atoms with E-state index >= 15 is 0 Å². The third kappa shape index (κ3) is 30.2. The molecule has 0 bridgehead atoms. The topological polar surface area (TPSA) is 99.1 Å². The van der Waals surface area contributed by atoms with Crippen LogP contribution in [0.25, 0.3) is 0 Å². The van der Waals surface area contributed by atoms with Crippen LogP contribution in [0.15, 0.2) is 12.2 Å². The summed E-state index contributed by atoms with van der Waals surface area (Å²) in [6, 6.07) is -0.610. The minimum Gasteiger partial charge on any atom is -0.477 e. The quantitative estimate of drug-likeness (QED) is 0.0307. The summed E-state index contributed by atoms with van der Waals surface area (Å²) in [5.41, 5.74) is 0. The Bertz CT molecular complexity index is 808. The van der Waals surface area contributed by atoms with Crippen molar-refractivity contribution in [3.63, 3.8) is 0 Å². The first kappa shape index (κ1) is 46.1. The fraction of sp³-hybridized carbons (Fsp3) is 0.875. The van der Waals surface area contributed by atoms with Crippen molar-refractivity contribution >= 4 is 17.9 Å². The van der Waals surface area contributed by atoms with Crippen LogP contribution in [0.5, 0.6) is 0 Å².